The van der Waals surface area contributed by atoms with E-state index >= 15 is 0 Å². The lowest BCUT2D eigenvalue weighted by atomic mass is 9.97. The highest BCUT2D eigenvalue weighted by Crippen LogP contribution is 2.22. The molecule has 0 radical (unpaired) electrons. The summed E-state index contributed by atoms with van der Waals surface area (Å²) in [4.78, 5) is 16.1. The number of nitrogens with one attached hydrogen (secondary N) is 1. The van der Waals surface area contributed by atoms with Crippen molar-refractivity contribution in [2.24, 2.45) is 0 Å². The Bertz CT molecular complexity index is 783. The van der Waals surface area contributed by atoms with Crippen LogP contribution in [0.2, 0.25) is 0 Å². The van der Waals surface area contributed by atoms with Gasteiger partial charge in [0.2, 0.25) is 0 Å². The standard InChI is InChI=1S/C21H20N2O/c1-16(15-23-21(24)20-9-5-6-14-22-20)17-10-12-19(13-11-17)18-7-3-2-4-8-18/h2-14,16H,15H2,1H3,(H,23,24). The van der Waals surface area contributed by atoms with Gasteiger partial charge in [-0.1, -0.05) is 67.6 Å². The molecule has 3 heteroatoms. The van der Waals surface area contributed by atoms with E-state index in [0.717, 1.165) is 0 Å². The summed E-state index contributed by atoms with van der Waals surface area (Å²) < 4.78 is 0. The number of hydrogen-bond acceptors (Lipinski definition) is 2. The van der Waals surface area contributed by atoms with Crippen molar-refractivity contribution in [1.82, 2.24) is 10.3 Å². The third-order valence-corrected chi connectivity index (χ3v) is 4.05. The number of pyridine rings is 1. The molecule has 0 fully saturated rings. The van der Waals surface area contributed by atoms with Crippen LogP contribution in [-0.2, 0) is 0 Å². The average molecular weight is 316 g/mol. The molecular formula is C21H20N2O. The SMILES string of the molecule is CC(CNC(=O)c1ccccn1)c1ccc(-c2ccccc2)cc1. The first-order valence-corrected chi connectivity index (χ1v) is 8.08. The molecule has 120 valence electrons. The van der Waals surface area contributed by atoms with Crippen LogP contribution in [-0.4, -0.2) is 17.4 Å². The van der Waals surface area contributed by atoms with E-state index in [1.807, 2.05) is 24.3 Å². The number of carbonyl (C=O) groups is 1. The number of aromatic nitrogens is 1. The summed E-state index contributed by atoms with van der Waals surface area (Å²) in [5, 5.41) is 2.94. The Hall–Kier alpha value is -2.94. The molecule has 0 aliphatic rings. The van der Waals surface area contributed by atoms with Gasteiger partial charge in [0, 0.05) is 12.7 Å². The van der Waals surface area contributed by atoms with E-state index in [1.54, 1.807) is 18.3 Å². The summed E-state index contributed by atoms with van der Waals surface area (Å²) in [6.45, 7) is 2.69. The Morgan fingerprint density at radius 2 is 1.58 bits per heavy atom. The van der Waals surface area contributed by atoms with Crippen molar-refractivity contribution in [3.63, 3.8) is 0 Å². The second kappa shape index (κ2) is 7.55. The molecule has 0 saturated carbocycles. The molecule has 1 heterocycles. The van der Waals surface area contributed by atoms with Crippen molar-refractivity contribution >= 4 is 5.91 Å². The molecule has 0 bridgehead atoms. The van der Waals surface area contributed by atoms with Gasteiger partial charge in [-0.3, -0.25) is 9.78 Å². The van der Waals surface area contributed by atoms with Crippen LogP contribution >= 0.6 is 0 Å². The second-order valence-corrected chi connectivity index (χ2v) is 5.81. The fourth-order valence-corrected chi connectivity index (χ4v) is 2.59. The van der Waals surface area contributed by atoms with Crippen LogP contribution in [0, 0.1) is 0 Å². The number of amides is 1. The van der Waals surface area contributed by atoms with Gasteiger partial charge < -0.3 is 5.32 Å². The van der Waals surface area contributed by atoms with E-state index in [9.17, 15) is 4.79 Å². The number of carbonyl (C=O) groups excluding carboxylic acids is 1. The fourth-order valence-electron chi connectivity index (χ4n) is 2.59. The maximum Gasteiger partial charge on any atom is 0.269 e. The molecule has 3 nitrogen and oxygen atoms in total. The van der Waals surface area contributed by atoms with Gasteiger partial charge in [0.1, 0.15) is 5.69 Å². The molecule has 0 aliphatic heterocycles. The van der Waals surface area contributed by atoms with Crippen LogP contribution in [0.25, 0.3) is 11.1 Å². The minimum absolute atomic E-state index is 0.136. The third-order valence-electron chi connectivity index (χ3n) is 4.05. The Kier molecular flexibility index (Phi) is 5.02. The third kappa shape index (κ3) is 3.87. The first-order valence-electron chi connectivity index (χ1n) is 8.08. The lowest BCUT2D eigenvalue weighted by molar-refractivity contribution is 0.0946. The van der Waals surface area contributed by atoms with Crippen molar-refractivity contribution < 1.29 is 4.79 Å². The van der Waals surface area contributed by atoms with Gasteiger partial charge in [0.05, 0.1) is 0 Å². The predicted octanol–water partition coefficient (Wildman–Crippen LogP) is 4.28. The van der Waals surface area contributed by atoms with Gasteiger partial charge in [0.25, 0.3) is 5.91 Å². The van der Waals surface area contributed by atoms with Crippen molar-refractivity contribution in [3.8, 4) is 11.1 Å². The lowest BCUT2D eigenvalue weighted by Crippen LogP contribution is -2.28. The summed E-state index contributed by atoms with van der Waals surface area (Å²) in [5.41, 5.74) is 4.06. The molecule has 3 rings (SSSR count). The van der Waals surface area contributed by atoms with Crippen LogP contribution in [0.3, 0.4) is 0 Å². The van der Waals surface area contributed by atoms with E-state index in [1.165, 1.54) is 16.7 Å². The fraction of sp³-hybridized carbons (Fsp3) is 0.143. The minimum Gasteiger partial charge on any atom is -0.350 e. The number of hydrogen-bond donors (Lipinski definition) is 1. The molecular weight excluding hydrogens is 296 g/mol. The highest BCUT2D eigenvalue weighted by Gasteiger charge is 2.10. The smallest absolute Gasteiger partial charge is 0.269 e. The molecule has 1 atom stereocenters. The summed E-state index contributed by atoms with van der Waals surface area (Å²) in [5.74, 6) is 0.103. The normalized spacial score (nSPS) is 11.7. The summed E-state index contributed by atoms with van der Waals surface area (Å²) >= 11 is 0. The topological polar surface area (TPSA) is 42.0 Å². The van der Waals surface area contributed by atoms with Crippen molar-refractivity contribution in [3.05, 3.63) is 90.3 Å². The maximum atomic E-state index is 12.0. The maximum absolute atomic E-state index is 12.0. The zero-order chi connectivity index (χ0) is 16.8. The Morgan fingerprint density at radius 1 is 0.917 bits per heavy atom. The Balaban J connectivity index is 1.61. The van der Waals surface area contributed by atoms with Crippen molar-refractivity contribution in [2.75, 3.05) is 6.54 Å². The van der Waals surface area contributed by atoms with Gasteiger partial charge in [-0.15, -0.1) is 0 Å². The summed E-state index contributed by atoms with van der Waals surface area (Å²) in [6.07, 6.45) is 1.63. The van der Waals surface area contributed by atoms with Crippen LogP contribution < -0.4 is 5.32 Å². The van der Waals surface area contributed by atoms with E-state index in [0.29, 0.717) is 12.2 Å². The molecule has 2 aromatic carbocycles. The first kappa shape index (κ1) is 15.9. The zero-order valence-corrected chi connectivity index (χ0v) is 13.6. The largest absolute Gasteiger partial charge is 0.350 e. The zero-order valence-electron chi connectivity index (χ0n) is 13.6. The number of rotatable bonds is 5. The second-order valence-electron chi connectivity index (χ2n) is 5.81. The van der Waals surface area contributed by atoms with Gasteiger partial charge in [-0.05, 0) is 34.7 Å². The van der Waals surface area contributed by atoms with Crippen LogP contribution in [0.15, 0.2) is 79.0 Å². The van der Waals surface area contributed by atoms with Gasteiger partial charge in [0.15, 0.2) is 0 Å². The number of nitrogens with zero attached hydrogens (tertiary/aromatic N) is 1. The highest BCUT2D eigenvalue weighted by atomic mass is 16.1. The summed E-state index contributed by atoms with van der Waals surface area (Å²) in [7, 11) is 0. The van der Waals surface area contributed by atoms with Crippen molar-refractivity contribution in [1.29, 1.82) is 0 Å². The molecule has 3 aromatic rings. The molecule has 0 saturated heterocycles. The molecule has 1 N–H and O–H groups in total. The Labute approximate surface area is 142 Å². The monoisotopic (exact) mass is 316 g/mol. The van der Waals surface area contributed by atoms with E-state index in [2.05, 4.69) is 53.6 Å². The summed E-state index contributed by atoms with van der Waals surface area (Å²) in [6, 6.07) is 24.1. The minimum atomic E-state index is -0.136. The van der Waals surface area contributed by atoms with Crippen molar-refractivity contribution in [2.45, 2.75) is 12.8 Å². The molecule has 1 unspecified atom stereocenters. The van der Waals surface area contributed by atoms with Crippen LogP contribution in [0.4, 0.5) is 0 Å². The molecule has 0 spiro atoms. The molecule has 24 heavy (non-hydrogen) atoms. The van der Waals surface area contributed by atoms with Gasteiger partial charge in [-0.25, -0.2) is 0 Å². The van der Waals surface area contributed by atoms with E-state index < -0.39 is 0 Å². The highest BCUT2D eigenvalue weighted by molar-refractivity contribution is 5.92. The quantitative estimate of drug-likeness (QED) is 0.763. The van der Waals surface area contributed by atoms with Crippen LogP contribution in [0.1, 0.15) is 28.9 Å². The van der Waals surface area contributed by atoms with E-state index in [-0.39, 0.29) is 11.8 Å². The lowest BCUT2D eigenvalue weighted by Gasteiger charge is -2.13. The van der Waals surface area contributed by atoms with Gasteiger partial charge >= 0.3 is 0 Å². The van der Waals surface area contributed by atoms with Gasteiger partial charge in [-0.2, -0.15) is 0 Å². The number of benzene rings is 2. The van der Waals surface area contributed by atoms with E-state index in [4.69, 9.17) is 0 Å². The molecule has 1 amide bonds. The molecule has 0 aliphatic carbocycles. The predicted molar refractivity (Wildman–Crippen MR) is 96.9 cm³/mol. The molecule has 1 aromatic heterocycles. The average Bonchev–Trinajstić information content (AvgIpc) is 2.67. The Morgan fingerprint density at radius 3 is 2.25 bits per heavy atom. The van der Waals surface area contributed by atoms with Crippen LogP contribution in [0.5, 0.6) is 0 Å². The first-order chi connectivity index (χ1) is 11.7.